The van der Waals surface area contributed by atoms with E-state index in [1.807, 2.05) is 0 Å². The van der Waals surface area contributed by atoms with Crippen LogP contribution in [0.1, 0.15) is 122 Å². The molecule has 0 aliphatic heterocycles. The molecule has 0 saturated heterocycles. The number of carbonyl (C=O) groups is 4. The van der Waals surface area contributed by atoms with Crippen molar-refractivity contribution in [3.63, 3.8) is 0 Å². The molecular weight excluding hydrogens is 541 g/mol. The van der Waals surface area contributed by atoms with Gasteiger partial charge in [0.05, 0.1) is 12.8 Å². The molecule has 0 radical (unpaired) electrons. The molecular formula is C26H46NNaO10S. The maximum absolute atomic E-state index is 12.6. The van der Waals surface area contributed by atoms with E-state index in [-0.39, 0.29) is 36.1 Å². The molecule has 222 valence electrons. The Bertz CT molecular complexity index is 822. The Morgan fingerprint density at radius 1 is 0.667 bits per heavy atom. The third-order valence-corrected chi connectivity index (χ3v) is 7.65. The van der Waals surface area contributed by atoms with Gasteiger partial charge in [0, 0.05) is 6.54 Å². The van der Waals surface area contributed by atoms with Crippen molar-refractivity contribution in [2.75, 3.05) is 6.54 Å². The number of amides is 1. The van der Waals surface area contributed by atoms with Crippen molar-refractivity contribution < 1.29 is 77.0 Å². The van der Waals surface area contributed by atoms with Crippen molar-refractivity contribution in [3.05, 3.63) is 0 Å². The summed E-state index contributed by atoms with van der Waals surface area (Å²) in [5, 5.41) is 24.9. The van der Waals surface area contributed by atoms with Crippen LogP contribution in [0.15, 0.2) is 0 Å². The summed E-state index contributed by atoms with van der Waals surface area (Å²) in [5.41, 5.74) is 0. The third kappa shape index (κ3) is 20.3. The molecule has 0 fully saturated rings. The Kier molecular flexibility index (Phi) is 24.1. The van der Waals surface area contributed by atoms with Gasteiger partial charge in [0.25, 0.3) is 0 Å². The zero-order valence-corrected chi connectivity index (χ0v) is 26.5. The Hall–Kier alpha value is -1.21. The number of hydrogen-bond acceptors (Lipinski definition) is 7. The third-order valence-electron chi connectivity index (χ3n) is 6.59. The van der Waals surface area contributed by atoms with Gasteiger partial charge in [0.15, 0.2) is 5.25 Å². The van der Waals surface area contributed by atoms with E-state index in [0.29, 0.717) is 17.7 Å². The zero-order chi connectivity index (χ0) is 29.0. The molecule has 0 bridgehead atoms. The van der Waals surface area contributed by atoms with Gasteiger partial charge >= 0.3 is 47.5 Å². The van der Waals surface area contributed by atoms with Gasteiger partial charge in [-0.1, -0.05) is 103 Å². The smallest absolute Gasteiger partial charge is 0.747 e. The molecule has 11 nitrogen and oxygen atoms in total. The van der Waals surface area contributed by atoms with E-state index in [0.717, 1.165) is 25.7 Å². The van der Waals surface area contributed by atoms with Gasteiger partial charge in [-0.15, -0.1) is 0 Å². The van der Waals surface area contributed by atoms with Crippen LogP contribution in [0.25, 0.3) is 0 Å². The first-order chi connectivity index (χ1) is 17.9. The molecule has 3 N–H and O–H groups in total. The Morgan fingerprint density at radius 3 is 1.36 bits per heavy atom. The molecule has 0 saturated carbocycles. The largest absolute Gasteiger partial charge is 1.00 e. The molecule has 13 heteroatoms. The molecule has 0 aromatic rings. The predicted octanol–water partition coefficient (Wildman–Crippen LogP) is 1.40. The van der Waals surface area contributed by atoms with Crippen molar-refractivity contribution >= 4 is 33.9 Å². The molecule has 0 spiro atoms. The van der Waals surface area contributed by atoms with Crippen LogP contribution >= 0.6 is 0 Å². The molecule has 0 aliphatic carbocycles. The number of nitrogens with zero attached hydrogens (tertiary/aromatic N) is 1. The van der Waals surface area contributed by atoms with E-state index < -0.39 is 58.1 Å². The van der Waals surface area contributed by atoms with Gasteiger partial charge in [0.1, 0.15) is 16.2 Å². The number of hydrogen-bond donors (Lipinski definition) is 3. The van der Waals surface area contributed by atoms with Gasteiger partial charge in [0.2, 0.25) is 5.91 Å². The summed E-state index contributed by atoms with van der Waals surface area (Å²) in [4.78, 5) is 47.2. The van der Waals surface area contributed by atoms with Gasteiger partial charge < -0.3 is 24.8 Å². The number of unbranched alkanes of at least 4 members (excludes halogenated alkanes) is 15. The zero-order valence-electron chi connectivity index (χ0n) is 23.6. The second-order valence-electron chi connectivity index (χ2n) is 9.87. The minimum absolute atomic E-state index is 0. The fourth-order valence-electron chi connectivity index (χ4n) is 4.37. The van der Waals surface area contributed by atoms with Gasteiger partial charge in [-0.05, 0) is 6.42 Å². The van der Waals surface area contributed by atoms with E-state index >= 15 is 0 Å². The number of carboxylic acids is 3. The van der Waals surface area contributed by atoms with Crippen LogP contribution < -0.4 is 29.6 Å². The number of carboxylic acid groups (broad SMARTS) is 3. The maximum atomic E-state index is 12.6. The average Bonchev–Trinajstić information content (AvgIpc) is 2.82. The van der Waals surface area contributed by atoms with Crippen molar-refractivity contribution in [1.29, 1.82) is 0 Å². The Labute approximate surface area is 255 Å². The molecule has 0 aliphatic rings. The predicted molar refractivity (Wildman–Crippen MR) is 141 cm³/mol. The second kappa shape index (κ2) is 23.5. The van der Waals surface area contributed by atoms with Crippen molar-refractivity contribution in [3.8, 4) is 0 Å². The molecule has 1 unspecified atom stereocenters. The normalized spacial score (nSPS) is 12.8. The van der Waals surface area contributed by atoms with Gasteiger partial charge in [-0.2, -0.15) is 0 Å². The van der Waals surface area contributed by atoms with Gasteiger partial charge in [-0.3, -0.25) is 14.4 Å². The van der Waals surface area contributed by atoms with E-state index in [4.69, 9.17) is 10.2 Å². The van der Waals surface area contributed by atoms with Crippen LogP contribution in [-0.4, -0.2) is 74.8 Å². The fraction of sp³-hybridized carbons (Fsp3) is 0.846. The summed E-state index contributed by atoms with van der Waals surface area (Å²) in [6.45, 7) is 2.03. The number of rotatable bonds is 25. The van der Waals surface area contributed by atoms with Crippen LogP contribution in [0.2, 0.25) is 0 Å². The molecule has 2 atom stereocenters. The summed E-state index contributed by atoms with van der Waals surface area (Å²) in [7, 11) is -5.37. The number of carbonyl (C=O) groups excluding carboxylic acids is 1. The topological polar surface area (TPSA) is 189 Å². The van der Waals surface area contributed by atoms with E-state index in [2.05, 4.69) is 6.92 Å². The monoisotopic (exact) mass is 587 g/mol. The van der Waals surface area contributed by atoms with Crippen LogP contribution in [-0.2, 0) is 29.3 Å². The summed E-state index contributed by atoms with van der Waals surface area (Å²) in [6, 6.07) is -1.81. The van der Waals surface area contributed by atoms with Crippen LogP contribution in [0.5, 0.6) is 0 Å². The summed E-state index contributed by atoms with van der Waals surface area (Å²) < 4.78 is 33.6. The Balaban J connectivity index is 0. The summed E-state index contributed by atoms with van der Waals surface area (Å²) in [5.74, 6) is -6.34. The van der Waals surface area contributed by atoms with Crippen molar-refractivity contribution in [1.82, 2.24) is 4.90 Å². The maximum Gasteiger partial charge on any atom is 1.00 e. The quantitative estimate of drug-likeness (QED) is 0.0799. The molecule has 39 heavy (non-hydrogen) atoms. The minimum Gasteiger partial charge on any atom is -0.747 e. The van der Waals surface area contributed by atoms with E-state index in [9.17, 15) is 37.3 Å². The van der Waals surface area contributed by atoms with E-state index in [1.165, 1.54) is 64.2 Å². The SMILES string of the molecule is CCCCCCCCCCCCCCCCCCN(C(=O)CC(C(=O)O)S(=O)(=O)[O-])[C@@H](CC(=O)O)C(=O)O.[Na+]. The first-order valence-corrected chi connectivity index (χ1v) is 15.3. The van der Waals surface area contributed by atoms with Crippen molar-refractivity contribution in [2.45, 2.75) is 134 Å². The first kappa shape index (κ1) is 39.9. The van der Waals surface area contributed by atoms with E-state index in [1.54, 1.807) is 0 Å². The Morgan fingerprint density at radius 2 is 1.05 bits per heavy atom. The van der Waals surface area contributed by atoms with Gasteiger partial charge in [-0.25, -0.2) is 13.2 Å². The average molecular weight is 588 g/mol. The molecule has 0 rings (SSSR count). The second-order valence-corrected chi connectivity index (χ2v) is 11.4. The minimum atomic E-state index is -5.37. The molecule has 0 heterocycles. The molecule has 0 aromatic carbocycles. The number of aliphatic carboxylic acids is 3. The van der Waals surface area contributed by atoms with Crippen molar-refractivity contribution in [2.24, 2.45) is 0 Å². The molecule has 0 aromatic heterocycles. The van der Waals surface area contributed by atoms with Crippen LogP contribution in [0, 0.1) is 0 Å². The van der Waals surface area contributed by atoms with Crippen LogP contribution in [0.3, 0.4) is 0 Å². The fourth-order valence-corrected chi connectivity index (χ4v) is 4.96. The van der Waals surface area contributed by atoms with Crippen LogP contribution in [0.4, 0.5) is 0 Å². The standard InChI is InChI=1S/C26H47NO10S.Na/c1-2-3-4-5-6-7-8-9-10-11-12-13-14-15-16-17-18-27(21(25(31)32)19-24(29)30)23(28)20-22(26(33)34)38(35,36)37;/h21-22H,2-20H2,1H3,(H,29,30)(H,31,32)(H,33,34)(H,35,36,37);/q;+1/p-1/t21-,22?;/m0./s1. The molecule has 1 amide bonds. The summed E-state index contributed by atoms with van der Waals surface area (Å²) >= 11 is 0. The summed E-state index contributed by atoms with van der Waals surface area (Å²) in [6.07, 6.45) is 15.6. The first-order valence-electron chi connectivity index (χ1n) is 13.8.